The van der Waals surface area contributed by atoms with Crippen molar-refractivity contribution in [3.05, 3.63) is 36.9 Å². The van der Waals surface area contributed by atoms with Crippen LogP contribution in [0.5, 0.6) is 0 Å². The van der Waals surface area contributed by atoms with E-state index in [1.165, 1.54) is 41.7 Å². The molecule has 0 aromatic heterocycles. The molecule has 8 nitrogen and oxygen atoms in total. The van der Waals surface area contributed by atoms with Crippen molar-refractivity contribution in [1.82, 2.24) is 9.62 Å². The number of nitrogens with zero attached hydrogens (tertiary/aromatic N) is 2. The lowest BCUT2D eigenvalue weighted by Gasteiger charge is -2.31. The average molecular weight is 381 g/mol. The molecule has 9 heteroatoms. The molecule has 2 rings (SSSR count). The molecule has 2 N–H and O–H groups in total. The van der Waals surface area contributed by atoms with Crippen LogP contribution in [0.25, 0.3) is 0 Å². The van der Waals surface area contributed by atoms with Gasteiger partial charge in [0.15, 0.2) is 0 Å². The number of anilines is 1. The van der Waals surface area contributed by atoms with Gasteiger partial charge in [0.25, 0.3) is 0 Å². The van der Waals surface area contributed by atoms with Crippen LogP contribution < -0.4 is 10.2 Å². The van der Waals surface area contributed by atoms with Crippen LogP contribution in [0.4, 0.5) is 10.5 Å². The molecule has 1 heterocycles. The van der Waals surface area contributed by atoms with Crippen LogP contribution in [0.2, 0.25) is 0 Å². The fraction of sp³-hybridized carbons (Fsp3) is 0.412. The summed E-state index contributed by atoms with van der Waals surface area (Å²) >= 11 is 0. The maximum atomic E-state index is 12.7. The second-order valence-corrected chi connectivity index (χ2v) is 8.07. The number of nitrogens with one attached hydrogen (secondary N) is 1. The zero-order chi connectivity index (χ0) is 19.3. The molecular formula is C17H23N3O5S. The van der Waals surface area contributed by atoms with Crippen LogP contribution in [0.3, 0.4) is 0 Å². The van der Waals surface area contributed by atoms with Crippen LogP contribution >= 0.6 is 0 Å². The van der Waals surface area contributed by atoms with Gasteiger partial charge in [0.2, 0.25) is 15.9 Å². The van der Waals surface area contributed by atoms with E-state index in [9.17, 15) is 18.0 Å². The first kappa shape index (κ1) is 19.9. The molecule has 142 valence electrons. The van der Waals surface area contributed by atoms with E-state index in [1.807, 2.05) is 0 Å². The smallest absolute Gasteiger partial charge is 0.411 e. The second-order valence-electron chi connectivity index (χ2n) is 6.13. The van der Waals surface area contributed by atoms with Crippen molar-refractivity contribution in [3.8, 4) is 0 Å². The number of carboxylic acid groups (broad SMARTS) is 1. The van der Waals surface area contributed by atoms with E-state index in [2.05, 4.69) is 11.9 Å². The number of sulfonamides is 1. The van der Waals surface area contributed by atoms with Gasteiger partial charge >= 0.3 is 6.09 Å². The first-order chi connectivity index (χ1) is 12.3. The molecule has 1 aliphatic rings. The predicted octanol–water partition coefficient (Wildman–Crippen LogP) is 1.50. The van der Waals surface area contributed by atoms with E-state index in [1.54, 1.807) is 0 Å². The minimum atomic E-state index is -3.62. The molecule has 0 saturated carbocycles. The summed E-state index contributed by atoms with van der Waals surface area (Å²) in [5.74, 6) is 0.00316. The molecule has 26 heavy (non-hydrogen) atoms. The fourth-order valence-corrected chi connectivity index (χ4v) is 4.24. The highest BCUT2D eigenvalue weighted by atomic mass is 32.2. The minimum Gasteiger partial charge on any atom is -0.465 e. The van der Waals surface area contributed by atoms with E-state index in [0.29, 0.717) is 38.2 Å². The SMILES string of the molecule is C=CC(=O)NCC1CCN(S(=O)(=O)c2ccc(N(C)C(=O)O)cc2)CC1. The maximum Gasteiger partial charge on any atom is 0.411 e. The Bertz CT molecular complexity index is 768. The summed E-state index contributed by atoms with van der Waals surface area (Å²) in [6.07, 6.45) is 1.42. The number of amides is 2. The van der Waals surface area contributed by atoms with Gasteiger partial charge in [0, 0.05) is 32.4 Å². The van der Waals surface area contributed by atoms with Gasteiger partial charge in [-0.25, -0.2) is 13.2 Å². The molecule has 0 atom stereocenters. The molecule has 0 aliphatic carbocycles. The number of carbonyl (C=O) groups is 2. The van der Waals surface area contributed by atoms with Crippen LogP contribution in [-0.2, 0) is 14.8 Å². The third kappa shape index (κ3) is 4.61. The van der Waals surface area contributed by atoms with E-state index in [4.69, 9.17) is 5.11 Å². The van der Waals surface area contributed by atoms with E-state index < -0.39 is 16.1 Å². The Morgan fingerprint density at radius 2 is 1.88 bits per heavy atom. The topological polar surface area (TPSA) is 107 Å². The molecule has 0 spiro atoms. The Labute approximate surface area is 153 Å². The zero-order valence-electron chi connectivity index (χ0n) is 14.6. The quantitative estimate of drug-likeness (QED) is 0.726. The lowest BCUT2D eigenvalue weighted by Crippen LogP contribution is -2.41. The van der Waals surface area contributed by atoms with Crippen LogP contribution in [0.15, 0.2) is 41.8 Å². The lowest BCUT2D eigenvalue weighted by atomic mass is 9.98. The van der Waals surface area contributed by atoms with Crippen molar-refractivity contribution in [2.24, 2.45) is 5.92 Å². The summed E-state index contributed by atoms with van der Waals surface area (Å²) in [6, 6.07) is 5.78. The van der Waals surface area contributed by atoms with E-state index in [0.717, 1.165) is 4.90 Å². The maximum absolute atomic E-state index is 12.7. The molecule has 0 unspecified atom stereocenters. The lowest BCUT2D eigenvalue weighted by molar-refractivity contribution is -0.116. The largest absolute Gasteiger partial charge is 0.465 e. The monoisotopic (exact) mass is 381 g/mol. The Hall–Kier alpha value is -2.39. The summed E-state index contributed by atoms with van der Waals surface area (Å²) in [7, 11) is -2.23. The minimum absolute atomic E-state index is 0.137. The molecule has 0 radical (unpaired) electrons. The molecule has 1 aromatic rings. The molecule has 0 bridgehead atoms. The second kappa shape index (κ2) is 8.33. The number of hydrogen-bond acceptors (Lipinski definition) is 4. The number of carbonyl (C=O) groups excluding carboxylic acids is 1. The van der Waals surface area contributed by atoms with Crippen molar-refractivity contribution in [1.29, 1.82) is 0 Å². The van der Waals surface area contributed by atoms with Crippen LogP contribution in [0.1, 0.15) is 12.8 Å². The van der Waals surface area contributed by atoms with Crippen molar-refractivity contribution in [3.63, 3.8) is 0 Å². The van der Waals surface area contributed by atoms with Gasteiger partial charge in [-0.2, -0.15) is 4.31 Å². The molecule has 1 aliphatic heterocycles. The number of piperidine rings is 1. The summed E-state index contributed by atoms with van der Waals surface area (Å²) < 4.78 is 26.9. The predicted molar refractivity (Wildman–Crippen MR) is 97.6 cm³/mol. The van der Waals surface area contributed by atoms with Crippen molar-refractivity contribution < 1.29 is 23.1 Å². The standard InChI is InChI=1S/C17H23N3O5S/c1-3-16(21)18-12-13-8-10-20(11-9-13)26(24,25)15-6-4-14(5-7-15)19(2)17(22)23/h3-7,13H,1,8-12H2,2H3,(H,18,21)(H,22,23). The van der Waals surface area contributed by atoms with Crippen molar-refractivity contribution in [2.45, 2.75) is 17.7 Å². The van der Waals surface area contributed by atoms with E-state index in [-0.39, 0.29) is 16.7 Å². The molecule has 1 fully saturated rings. The van der Waals surface area contributed by atoms with Crippen LogP contribution in [0, 0.1) is 5.92 Å². The fourth-order valence-electron chi connectivity index (χ4n) is 2.77. The summed E-state index contributed by atoms with van der Waals surface area (Å²) in [5, 5.41) is 11.7. The molecule has 1 aromatic carbocycles. The van der Waals surface area contributed by atoms with Crippen LogP contribution in [-0.4, -0.2) is 56.5 Å². The summed E-state index contributed by atoms with van der Waals surface area (Å²) in [6.45, 7) is 4.67. The third-order valence-electron chi connectivity index (χ3n) is 4.47. The molecule has 2 amide bonds. The Kier molecular flexibility index (Phi) is 6.38. The van der Waals surface area contributed by atoms with Gasteiger partial charge in [-0.1, -0.05) is 6.58 Å². The van der Waals surface area contributed by atoms with Gasteiger partial charge in [0.05, 0.1) is 4.90 Å². The van der Waals surface area contributed by atoms with Gasteiger partial charge in [-0.15, -0.1) is 0 Å². The highest BCUT2D eigenvalue weighted by Gasteiger charge is 2.29. The third-order valence-corrected chi connectivity index (χ3v) is 6.39. The summed E-state index contributed by atoms with van der Waals surface area (Å²) in [5.41, 5.74) is 0.396. The highest BCUT2D eigenvalue weighted by molar-refractivity contribution is 7.89. The highest BCUT2D eigenvalue weighted by Crippen LogP contribution is 2.25. The van der Waals surface area contributed by atoms with Gasteiger partial charge in [-0.3, -0.25) is 9.69 Å². The summed E-state index contributed by atoms with van der Waals surface area (Å²) in [4.78, 5) is 23.3. The first-order valence-electron chi connectivity index (χ1n) is 8.23. The van der Waals surface area contributed by atoms with E-state index >= 15 is 0 Å². The Morgan fingerprint density at radius 3 is 2.38 bits per heavy atom. The number of benzene rings is 1. The Balaban J connectivity index is 1.99. The number of rotatable bonds is 6. The number of hydrogen-bond donors (Lipinski definition) is 2. The zero-order valence-corrected chi connectivity index (χ0v) is 15.4. The normalized spacial score (nSPS) is 16.0. The first-order valence-corrected chi connectivity index (χ1v) is 9.67. The van der Waals surface area contributed by atoms with Crippen molar-refractivity contribution >= 4 is 27.7 Å². The molecular weight excluding hydrogens is 358 g/mol. The van der Waals surface area contributed by atoms with Gasteiger partial charge < -0.3 is 10.4 Å². The van der Waals surface area contributed by atoms with Crippen molar-refractivity contribution in [2.75, 3.05) is 31.6 Å². The van der Waals surface area contributed by atoms with Gasteiger partial charge in [0.1, 0.15) is 0 Å². The molecule has 1 saturated heterocycles. The van der Waals surface area contributed by atoms with Gasteiger partial charge in [-0.05, 0) is 49.1 Å². The average Bonchev–Trinajstić information content (AvgIpc) is 2.65. The Morgan fingerprint density at radius 1 is 1.31 bits per heavy atom.